The molecule has 1 aliphatic carbocycles. The third kappa shape index (κ3) is 3.85. The van der Waals surface area contributed by atoms with Gasteiger partial charge in [-0.25, -0.2) is 9.97 Å². The summed E-state index contributed by atoms with van der Waals surface area (Å²) in [5.74, 6) is 0.423. The molecule has 0 unspecified atom stereocenters. The lowest BCUT2D eigenvalue weighted by atomic mass is 10.1. The largest absolute Gasteiger partial charge is 0.489 e. The first-order chi connectivity index (χ1) is 11.7. The Balaban J connectivity index is 1.71. The molecule has 1 aromatic carbocycles. The molecule has 1 amide bonds. The maximum absolute atomic E-state index is 12.4. The lowest BCUT2D eigenvalue weighted by Gasteiger charge is -2.15. The lowest BCUT2D eigenvalue weighted by molar-refractivity contribution is 0.102. The number of amides is 1. The Kier molecular flexibility index (Phi) is 5.30. The number of nitrogens with zero attached hydrogens (tertiary/aromatic N) is 2. The molecule has 0 bridgehead atoms. The van der Waals surface area contributed by atoms with Crippen molar-refractivity contribution in [1.82, 2.24) is 9.97 Å². The van der Waals surface area contributed by atoms with Crippen molar-refractivity contribution in [2.24, 2.45) is 0 Å². The molecule has 6 heteroatoms. The van der Waals surface area contributed by atoms with Gasteiger partial charge in [0.25, 0.3) is 5.91 Å². The molecule has 3 rings (SSSR count). The zero-order valence-electron chi connectivity index (χ0n) is 13.6. The highest BCUT2D eigenvalue weighted by Crippen LogP contribution is 2.31. The normalized spacial score (nSPS) is 14.6. The Morgan fingerprint density at radius 1 is 1.38 bits per heavy atom. The van der Waals surface area contributed by atoms with Crippen molar-refractivity contribution in [3.05, 3.63) is 47.0 Å². The van der Waals surface area contributed by atoms with Gasteiger partial charge in [0.15, 0.2) is 0 Å². The van der Waals surface area contributed by atoms with E-state index in [1.165, 1.54) is 25.4 Å². The molecular formula is C18H20ClN3O2. The molecule has 2 aromatic rings. The molecule has 0 spiro atoms. The Morgan fingerprint density at radius 2 is 2.17 bits per heavy atom. The van der Waals surface area contributed by atoms with E-state index in [4.69, 9.17) is 16.3 Å². The number of hydrogen-bond donors (Lipinski definition) is 1. The molecule has 1 aliphatic rings. The highest BCUT2D eigenvalue weighted by atomic mass is 35.5. The van der Waals surface area contributed by atoms with Gasteiger partial charge in [-0.15, -0.1) is 0 Å². The second-order valence-corrected chi connectivity index (χ2v) is 6.27. The summed E-state index contributed by atoms with van der Waals surface area (Å²) < 4.78 is 5.92. The number of anilines is 1. The average molecular weight is 346 g/mol. The van der Waals surface area contributed by atoms with Crippen LogP contribution in [0.2, 0.25) is 5.02 Å². The van der Waals surface area contributed by atoms with Gasteiger partial charge < -0.3 is 10.1 Å². The van der Waals surface area contributed by atoms with Crippen LogP contribution in [0.1, 0.15) is 48.7 Å². The second-order valence-electron chi connectivity index (χ2n) is 5.86. The van der Waals surface area contributed by atoms with E-state index in [2.05, 4.69) is 15.3 Å². The second kappa shape index (κ2) is 7.62. The smallest absolute Gasteiger partial charge is 0.259 e. The first kappa shape index (κ1) is 16.7. The first-order valence-corrected chi connectivity index (χ1v) is 8.61. The first-order valence-electron chi connectivity index (χ1n) is 8.24. The van der Waals surface area contributed by atoms with Crippen molar-refractivity contribution in [2.45, 2.75) is 45.1 Å². The van der Waals surface area contributed by atoms with E-state index in [1.807, 2.05) is 6.92 Å². The molecule has 1 saturated carbocycles. The van der Waals surface area contributed by atoms with Gasteiger partial charge in [0, 0.05) is 11.9 Å². The van der Waals surface area contributed by atoms with Crippen molar-refractivity contribution >= 4 is 23.2 Å². The van der Waals surface area contributed by atoms with E-state index in [0.29, 0.717) is 28.4 Å². The minimum absolute atomic E-state index is 0.243. The summed E-state index contributed by atoms with van der Waals surface area (Å²) in [6, 6.07) is 5.31. The summed E-state index contributed by atoms with van der Waals surface area (Å²) in [6.45, 7) is 1.95. The number of halogens is 1. The Hall–Kier alpha value is -2.14. The van der Waals surface area contributed by atoms with Gasteiger partial charge >= 0.3 is 0 Å². The molecule has 24 heavy (non-hydrogen) atoms. The lowest BCUT2D eigenvalue weighted by Crippen LogP contribution is -2.15. The molecule has 1 aromatic heterocycles. The van der Waals surface area contributed by atoms with E-state index in [1.54, 1.807) is 18.2 Å². The van der Waals surface area contributed by atoms with Crippen LogP contribution in [0.5, 0.6) is 5.75 Å². The standard InChI is InChI=1S/C18H20ClN3O2/c1-2-16-14(10-20-11-21-16)18(23)22-12-7-8-17(15(19)9-12)24-13-5-3-4-6-13/h7-11,13H,2-6H2,1H3,(H,22,23). The molecule has 0 radical (unpaired) electrons. The fraction of sp³-hybridized carbons (Fsp3) is 0.389. The van der Waals surface area contributed by atoms with Gasteiger partial charge in [-0.2, -0.15) is 0 Å². The van der Waals surface area contributed by atoms with Crippen LogP contribution < -0.4 is 10.1 Å². The maximum Gasteiger partial charge on any atom is 0.259 e. The Bertz CT molecular complexity index is 730. The van der Waals surface area contributed by atoms with E-state index >= 15 is 0 Å². The predicted octanol–water partition coefficient (Wildman–Crippen LogP) is 4.27. The van der Waals surface area contributed by atoms with Gasteiger partial charge in [-0.1, -0.05) is 18.5 Å². The van der Waals surface area contributed by atoms with Crippen LogP contribution in [-0.4, -0.2) is 22.0 Å². The number of aryl methyl sites for hydroxylation is 1. The molecule has 1 N–H and O–H groups in total. The molecular weight excluding hydrogens is 326 g/mol. The highest BCUT2D eigenvalue weighted by molar-refractivity contribution is 6.32. The van der Waals surface area contributed by atoms with Crippen molar-refractivity contribution < 1.29 is 9.53 Å². The van der Waals surface area contributed by atoms with Crippen LogP contribution in [-0.2, 0) is 6.42 Å². The summed E-state index contributed by atoms with van der Waals surface area (Å²) in [6.07, 6.45) is 8.44. The van der Waals surface area contributed by atoms with Crippen molar-refractivity contribution in [3.8, 4) is 5.75 Å². The van der Waals surface area contributed by atoms with E-state index in [0.717, 1.165) is 18.5 Å². The molecule has 126 valence electrons. The van der Waals surface area contributed by atoms with E-state index < -0.39 is 0 Å². The third-order valence-corrected chi connectivity index (χ3v) is 4.46. The Labute approximate surface area is 146 Å². The third-order valence-electron chi connectivity index (χ3n) is 4.16. The summed E-state index contributed by atoms with van der Waals surface area (Å²) in [5.41, 5.74) is 1.81. The van der Waals surface area contributed by atoms with Gasteiger partial charge in [0.05, 0.1) is 22.4 Å². The number of nitrogens with one attached hydrogen (secondary N) is 1. The molecule has 5 nitrogen and oxygen atoms in total. The molecule has 0 aliphatic heterocycles. The van der Waals surface area contributed by atoms with Crippen molar-refractivity contribution in [2.75, 3.05) is 5.32 Å². The Morgan fingerprint density at radius 3 is 2.88 bits per heavy atom. The SMILES string of the molecule is CCc1ncncc1C(=O)Nc1ccc(OC2CCCC2)c(Cl)c1. The van der Waals surface area contributed by atoms with E-state index in [-0.39, 0.29) is 12.0 Å². The molecule has 1 heterocycles. The molecule has 0 atom stereocenters. The van der Waals surface area contributed by atoms with Crippen molar-refractivity contribution in [3.63, 3.8) is 0 Å². The zero-order chi connectivity index (χ0) is 16.9. The fourth-order valence-corrected chi connectivity index (χ4v) is 3.11. The van der Waals surface area contributed by atoms with Crippen LogP contribution in [0.3, 0.4) is 0 Å². The van der Waals surface area contributed by atoms with Crippen LogP contribution in [0.15, 0.2) is 30.7 Å². The zero-order valence-corrected chi connectivity index (χ0v) is 14.3. The number of hydrogen-bond acceptors (Lipinski definition) is 4. The van der Waals surface area contributed by atoms with Gasteiger partial charge in [-0.3, -0.25) is 4.79 Å². The van der Waals surface area contributed by atoms with E-state index in [9.17, 15) is 4.79 Å². The van der Waals surface area contributed by atoms with Crippen LogP contribution >= 0.6 is 11.6 Å². The van der Waals surface area contributed by atoms with Gasteiger partial charge in [0.1, 0.15) is 12.1 Å². The summed E-state index contributed by atoms with van der Waals surface area (Å²) in [7, 11) is 0. The summed E-state index contributed by atoms with van der Waals surface area (Å²) in [5, 5.41) is 3.34. The fourth-order valence-electron chi connectivity index (χ4n) is 2.88. The number of rotatable bonds is 5. The number of benzene rings is 1. The van der Waals surface area contributed by atoms with Crippen LogP contribution in [0.4, 0.5) is 5.69 Å². The summed E-state index contributed by atoms with van der Waals surface area (Å²) in [4.78, 5) is 20.5. The monoisotopic (exact) mass is 345 g/mol. The molecule has 0 saturated heterocycles. The van der Waals surface area contributed by atoms with Gasteiger partial charge in [0.2, 0.25) is 0 Å². The van der Waals surface area contributed by atoms with Crippen LogP contribution in [0.25, 0.3) is 0 Å². The number of carbonyl (C=O) groups is 1. The quantitative estimate of drug-likeness (QED) is 0.879. The topological polar surface area (TPSA) is 64.1 Å². The average Bonchev–Trinajstić information content (AvgIpc) is 3.10. The number of aromatic nitrogens is 2. The minimum Gasteiger partial charge on any atom is -0.489 e. The highest BCUT2D eigenvalue weighted by Gasteiger charge is 2.18. The summed E-state index contributed by atoms with van der Waals surface area (Å²) >= 11 is 6.29. The predicted molar refractivity (Wildman–Crippen MR) is 93.7 cm³/mol. The number of ether oxygens (including phenoxy) is 1. The maximum atomic E-state index is 12.4. The van der Waals surface area contributed by atoms with Crippen molar-refractivity contribution in [1.29, 1.82) is 0 Å². The number of carbonyl (C=O) groups excluding carboxylic acids is 1. The minimum atomic E-state index is -0.243. The molecule has 1 fully saturated rings. The van der Waals surface area contributed by atoms with Crippen LogP contribution in [0, 0.1) is 0 Å². The van der Waals surface area contributed by atoms with Gasteiger partial charge in [-0.05, 0) is 50.3 Å².